The van der Waals surface area contributed by atoms with Gasteiger partial charge in [0.1, 0.15) is 0 Å². The van der Waals surface area contributed by atoms with E-state index in [-0.39, 0.29) is 27.7 Å². The van der Waals surface area contributed by atoms with Crippen molar-refractivity contribution in [3.63, 3.8) is 0 Å². The van der Waals surface area contributed by atoms with Crippen molar-refractivity contribution in [2.24, 2.45) is 0 Å². The molecule has 0 aliphatic rings. The molecular weight excluding hydrogens is 419 g/mol. The van der Waals surface area contributed by atoms with E-state index < -0.39 is 0 Å². The van der Waals surface area contributed by atoms with Crippen molar-refractivity contribution in [3.8, 4) is 5.75 Å². The summed E-state index contributed by atoms with van der Waals surface area (Å²) < 4.78 is 11.8. The van der Waals surface area contributed by atoms with Gasteiger partial charge in [-0.15, -0.1) is 0 Å². The number of rotatable bonds is 9. The number of hydrogen-bond acceptors (Lipinski definition) is 3. The molecule has 0 N–H and O–H groups in total. The van der Waals surface area contributed by atoms with Crippen LogP contribution in [-0.2, 0) is 3.07 Å². The minimum atomic E-state index is -0.205. The number of alkyl halides is 1. The molecule has 126 valence electrons. The van der Waals surface area contributed by atoms with Gasteiger partial charge in [0, 0.05) is 0 Å². The first kappa shape index (κ1) is 18.6. The molecule has 23 heavy (non-hydrogen) atoms. The summed E-state index contributed by atoms with van der Waals surface area (Å²) in [5.74, 6) is 2.39. The summed E-state index contributed by atoms with van der Waals surface area (Å²) in [5.41, 5.74) is 1.34. The summed E-state index contributed by atoms with van der Waals surface area (Å²) in [7, 11) is 0. The van der Waals surface area contributed by atoms with Crippen LogP contribution >= 0.6 is 11.8 Å². The molecule has 0 amide bonds. The number of thioether (sulfide) groups is 1. The second-order valence-electron chi connectivity index (χ2n) is 5.52. The number of ether oxygens (including phenoxy) is 1. The molecular formula is C19H24IO2S-. The Morgan fingerprint density at radius 1 is 1.00 bits per heavy atom. The monoisotopic (exact) mass is 443 g/mol. The third-order valence-electron chi connectivity index (χ3n) is 3.38. The quantitative estimate of drug-likeness (QED) is 0.336. The van der Waals surface area contributed by atoms with E-state index >= 15 is 0 Å². The SMILES string of the molecule is C[I-]OC(COc1ccc(C(C)C)cc1)CSc1ccccc1. The van der Waals surface area contributed by atoms with Crippen molar-refractivity contribution >= 4 is 11.8 Å². The van der Waals surface area contributed by atoms with E-state index in [2.05, 4.69) is 67.3 Å². The van der Waals surface area contributed by atoms with Gasteiger partial charge in [0.05, 0.1) is 0 Å². The zero-order chi connectivity index (χ0) is 16.5. The Kier molecular flexibility index (Phi) is 8.26. The summed E-state index contributed by atoms with van der Waals surface area (Å²) in [5, 5.41) is 0. The standard InChI is InChI=1S/C19H24IO2S/c1-15(2)16-9-11-17(12-10-16)21-13-18(22-20-3)14-23-19-7-5-4-6-8-19/h4-12,15,18H,13-14H2,1-3H3/q-1. The van der Waals surface area contributed by atoms with Gasteiger partial charge in [-0.2, -0.15) is 0 Å². The van der Waals surface area contributed by atoms with E-state index in [1.54, 1.807) is 0 Å². The third-order valence-corrected chi connectivity index (χ3v) is 5.75. The number of hydrogen-bond donors (Lipinski definition) is 0. The normalized spacial score (nSPS) is 12.5. The third kappa shape index (κ3) is 6.73. The summed E-state index contributed by atoms with van der Waals surface area (Å²) >= 11 is 1.62. The van der Waals surface area contributed by atoms with Gasteiger partial charge < -0.3 is 0 Å². The van der Waals surface area contributed by atoms with Gasteiger partial charge in [0.2, 0.25) is 0 Å². The summed E-state index contributed by atoms with van der Waals surface area (Å²) in [6.07, 6.45) is 0.141. The van der Waals surface area contributed by atoms with Crippen LogP contribution in [0.25, 0.3) is 0 Å². The molecule has 2 nitrogen and oxygen atoms in total. The molecule has 0 radical (unpaired) electrons. The zero-order valence-corrected chi connectivity index (χ0v) is 16.8. The molecule has 4 heteroatoms. The van der Waals surface area contributed by atoms with Crippen molar-refractivity contribution in [1.82, 2.24) is 0 Å². The van der Waals surface area contributed by atoms with Gasteiger partial charge >= 0.3 is 155 Å². The Bertz CT molecular complexity index is 557. The summed E-state index contributed by atoms with van der Waals surface area (Å²) in [6, 6.07) is 18.8. The van der Waals surface area contributed by atoms with E-state index in [0.29, 0.717) is 12.5 Å². The maximum absolute atomic E-state index is 5.92. The molecule has 0 heterocycles. The van der Waals surface area contributed by atoms with Crippen LogP contribution < -0.4 is 26.4 Å². The minimum absolute atomic E-state index is 0.141. The van der Waals surface area contributed by atoms with Crippen molar-refractivity contribution in [2.75, 3.05) is 17.3 Å². The second-order valence-corrected chi connectivity index (χ2v) is 8.01. The second kappa shape index (κ2) is 10.2. The van der Waals surface area contributed by atoms with Gasteiger partial charge in [-0.05, 0) is 0 Å². The van der Waals surface area contributed by atoms with Crippen LogP contribution in [0.4, 0.5) is 0 Å². The maximum atomic E-state index is 5.92. The van der Waals surface area contributed by atoms with Gasteiger partial charge in [-0.3, -0.25) is 0 Å². The van der Waals surface area contributed by atoms with Gasteiger partial charge in [0.25, 0.3) is 0 Å². The fraction of sp³-hybridized carbons (Fsp3) is 0.368. The van der Waals surface area contributed by atoms with Crippen molar-refractivity contribution in [3.05, 3.63) is 60.2 Å². The predicted octanol–water partition coefficient (Wildman–Crippen LogP) is 2.00. The van der Waals surface area contributed by atoms with Gasteiger partial charge in [-0.25, -0.2) is 0 Å². The molecule has 0 fully saturated rings. The Hall–Kier alpha value is -0.720. The number of halogens is 1. The van der Waals surface area contributed by atoms with E-state index in [0.717, 1.165) is 11.5 Å². The van der Waals surface area contributed by atoms with Crippen LogP contribution in [0, 0.1) is 0 Å². The Morgan fingerprint density at radius 2 is 1.70 bits per heavy atom. The van der Waals surface area contributed by atoms with E-state index in [1.165, 1.54) is 10.5 Å². The van der Waals surface area contributed by atoms with Crippen molar-refractivity contribution < 1.29 is 29.4 Å². The molecule has 2 aromatic rings. The Labute approximate surface area is 154 Å². The zero-order valence-electron chi connectivity index (χ0n) is 13.9. The molecule has 0 saturated carbocycles. The van der Waals surface area contributed by atoms with Crippen molar-refractivity contribution in [1.29, 1.82) is 0 Å². The van der Waals surface area contributed by atoms with Crippen LogP contribution in [0.3, 0.4) is 0 Å². The predicted molar refractivity (Wildman–Crippen MR) is 94.0 cm³/mol. The molecule has 0 aromatic heterocycles. The molecule has 0 spiro atoms. The molecule has 2 aromatic carbocycles. The average Bonchev–Trinajstić information content (AvgIpc) is 2.58. The van der Waals surface area contributed by atoms with Gasteiger partial charge in [-0.1, -0.05) is 0 Å². The first-order valence-electron chi connectivity index (χ1n) is 7.75. The van der Waals surface area contributed by atoms with E-state index in [1.807, 2.05) is 17.8 Å². The Morgan fingerprint density at radius 3 is 2.30 bits per heavy atom. The molecule has 0 saturated heterocycles. The summed E-state index contributed by atoms with van der Waals surface area (Å²) in [6.45, 7) is 5.01. The molecule has 2 rings (SSSR count). The fourth-order valence-corrected chi connectivity index (χ4v) is 4.25. The molecule has 1 atom stereocenters. The molecule has 1 unspecified atom stereocenters. The fourth-order valence-electron chi connectivity index (χ4n) is 2.07. The van der Waals surface area contributed by atoms with E-state index in [9.17, 15) is 0 Å². The topological polar surface area (TPSA) is 18.5 Å². The van der Waals surface area contributed by atoms with Crippen LogP contribution in [0.2, 0.25) is 0 Å². The first-order valence-corrected chi connectivity index (χ1v) is 11.8. The van der Waals surface area contributed by atoms with Gasteiger partial charge in [0.15, 0.2) is 0 Å². The molecule has 0 aliphatic heterocycles. The van der Waals surface area contributed by atoms with Crippen LogP contribution in [0.15, 0.2) is 59.5 Å². The van der Waals surface area contributed by atoms with E-state index in [4.69, 9.17) is 7.80 Å². The van der Waals surface area contributed by atoms with Crippen molar-refractivity contribution in [2.45, 2.75) is 30.8 Å². The molecule has 0 bridgehead atoms. The first-order chi connectivity index (χ1) is 11.2. The molecule has 0 aliphatic carbocycles. The average molecular weight is 443 g/mol. The van der Waals surface area contributed by atoms with Crippen LogP contribution in [0.5, 0.6) is 5.75 Å². The van der Waals surface area contributed by atoms with Crippen LogP contribution in [-0.4, -0.2) is 23.4 Å². The van der Waals surface area contributed by atoms with Crippen LogP contribution in [0.1, 0.15) is 25.3 Å². The number of benzene rings is 2. The summed E-state index contributed by atoms with van der Waals surface area (Å²) in [4.78, 5) is 3.41. The Balaban J connectivity index is 1.84.